The summed E-state index contributed by atoms with van der Waals surface area (Å²) in [6.07, 6.45) is 2.09. The zero-order chi connectivity index (χ0) is 14.5. The van der Waals surface area contributed by atoms with E-state index in [0.717, 1.165) is 46.6 Å². The highest BCUT2D eigenvalue weighted by Gasteiger charge is 2.08. The minimum Gasteiger partial charge on any atom is -0.346 e. The van der Waals surface area contributed by atoms with E-state index in [9.17, 15) is 0 Å². The van der Waals surface area contributed by atoms with Gasteiger partial charge in [0.05, 0.1) is 5.69 Å². The molecule has 1 aromatic heterocycles. The lowest BCUT2D eigenvalue weighted by Gasteiger charge is -2.06. The Morgan fingerprint density at radius 2 is 1.95 bits per heavy atom. The van der Waals surface area contributed by atoms with Crippen LogP contribution in [-0.4, -0.2) is 22.6 Å². The summed E-state index contributed by atoms with van der Waals surface area (Å²) < 4.78 is 1.09. The number of aryl methyl sites for hydroxylation is 2. The van der Waals surface area contributed by atoms with Gasteiger partial charge in [-0.1, -0.05) is 41.9 Å². The molecule has 0 aliphatic carbocycles. The van der Waals surface area contributed by atoms with Gasteiger partial charge in [-0.05, 0) is 32.0 Å². The number of rotatable bonds is 6. The van der Waals surface area contributed by atoms with Crippen molar-refractivity contribution in [1.82, 2.24) is 15.3 Å². The van der Waals surface area contributed by atoms with Crippen LogP contribution < -0.4 is 5.32 Å². The Kier molecular flexibility index (Phi) is 5.38. The van der Waals surface area contributed by atoms with Crippen molar-refractivity contribution in [2.75, 3.05) is 6.54 Å². The third-order valence-electron chi connectivity index (χ3n) is 3.19. The first kappa shape index (κ1) is 15.3. The number of hydrogen-bond donors (Lipinski definition) is 2. The van der Waals surface area contributed by atoms with E-state index in [-0.39, 0.29) is 0 Å². The lowest BCUT2D eigenvalue weighted by molar-refractivity contribution is 0.567. The Morgan fingerprint density at radius 3 is 2.60 bits per heavy atom. The summed E-state index contributed by atoms with van der Waals surface area (Å²) in [6, 6.07) is 8.84. The summed E-state index contributed by atoms with van der Waals surface area (Å²) >= 11 is 3.46. The molecule has 108 valence electrons. The van der Waals surface area contributed by atoms with Crippen LogP contribution in [0.1, 0.15) is 31.8 Å². The first-order valence-corrected chi connectivity index (χ1v) is 7.90. The highest BCUT2D eigenvalue weighted by molar-refractivity contribution is 9.10. The maximum atomic E-state index is 4.73. The van der Waals surface area contributed by atoms with Gasteiger partial charge in [0.2, 0.25) is 0 Å². The third-order valence-corrected chi connectivity index (χ3v) is 3.72. The van der Waals surface area contributed by atoms with Gasteiger partial charge in [-0.25, -0.2) is 4.98 Å². The number of aromatic nitrogens is 2. The van der Waals surface area contributed by atoms with Crippen LogP contribution >= 0.6 is 15.9 Å². The molecule has 2 rings (SSSR count). The van der Waals surface area contributed by atoms with Crippen LogP contribution in [0.3, 0.4) is 0 Å². The molecule has 0 aliphatic rings. The topological polar surface area (TPSA) is 40.7 Å². The number of imidazole rings is 1. The predicted octanol–water partition coefficient (Wildman–Crippen LogP) is 4.08. The van der Waals surface area contributed by atoms with Crippen LogP contribution in [0.4, 0.5) is 0 Å². The number of H-pyrrole nitrogens is 1. The lowest BCUT2D eigenvalue weighted by atomic mass is 10.1. The van der Waals surface area contributed by atoms with Crippen molar-refractivity contribution in [2.45, 2.75) is 39.7 Å². The molecular formula is C16H22BrN3. The Morgan fingerprint density at radius 1 is 1.25 bits per heavy atom. The van der Waals surface area contributed by atoms with Crippen molar-refractivity contribution in [3.05, 3.63) is 40.3 Å². The largest absolute Gasteiger partial charge is 0.346 e. The van der Waals surface area contributed by atoms with Gasteiger partial charge in [-0.15, -0.1) is 0 Å². The van der Waals surface area contributed by atoms with Crippen molar-refractivity contribution in [2.24, 2.45) is 0 Å². The Hall–Kier alpha value is -1.13. The van der Waals surface area contributed by atoms with E-state index < -0.39 is 0 Å². The molecule has 4 heteroatoms. The van der Waals surface area contributed by atoms with Crippen molar-refractivity contribution >= 4 is 15.9 Å². The Labute approximate surface area is 129 Å². The lowest BCUT2D eigenvalue weighted by Crippen LogP contribution is -2.24. The molecule has 20 heavy (non-hydrogen) atoms. The number of hydrogen-bond acceptors (Lipinski definition) is 2. The molecule has 2 aromatic rings. The van der Waals surface area contributed by atoms with Gasteiger partial charge in [-0.3, -0.25) is 0 Å². The summed E-state index contributed by atoms with van der Waals surface area (Å²) in [4.78, 5) is 8.12. The van der Waals surface area contributed by atoms with Crippen LogP contribution in [0.15, 0.2) is 28.7 Å². The molecule has 2 N–H and O–H groups in total. The quantitative estimate of drug-likeness (QED) is 0.781. The number of aromatic amines is 1. The van der Waals surface area contributed by atoms with Gasteiger partial charge in [0.15, 0.2) is 0 Å². The number of nitrogens with zero attached hydrogens (tertiary/aromatic N) is 1. The molecule has 0 aliphatic heterocycles. The fourth-order valence-corrected chi connectivity index (χ4v) is 2.44. The molecule has 1 heterocycles. The average molecular weight is 336 g/mol. The molecule has 3 nitrogen and oxygen atoms in total. The van der Waals surface area contributed by atoms with Gasteiger partial charge >= 0.3 is 0 Å². The summed E-state index contributed by atoms with van der Waals surface area (Å²) in [7, 11) is 0. The van der Waals surface area contributed by atoms with E-state index in [4.69, 9.17) is 4.98 Å². The van der Waals surface area contributed by atoms with Crippen molar-refractivity contribution in [3.8, 4) is 11.3 Å². The first-order valence-electron chi connectivity index (χ1n) is 7.11. The normalized spacial score (nSPS) is 11.2. The second-order valence-corrected chi connectivity index (χ2v) is 6.29. The van der Waals surface area contributed by atoms with Crippen LogP contribution in [0.5, 0.6) is 0 Å². The highest BCUT2D eigenvalue weighted by atomic mass is 79.9. The molecular weight excluding hydrogens is 314 g/mol. The maximum absolute atomic E-state index is 4.73. The number of benzene rings is 1. The maximum Gasteiger partial charge on any atom is 0.107 e. The van der Waals surface area contributed by atoms with Crippen LogP contribution in [0.2, 0.25) is 0 Å². The van der Waals surface area contributed by atoms with E-state index in [2.05, 4.69) is 71.3 Å². The van der Waals surface area contributed by atoms with E-state index in [1.165, 1.54) is 0 Å². The van der Waals surface area contributed by atoms with Crippen molar-refractivity contribution < 1.29 is 0 Å². The second-order valence-electron chi connectivity index (χ2n) is 5.38. The smallest absolute Gasteiger partial charge is 0.107 e. The van der Waals surface area contributed by atoms with Gasteiger partial charge in [0, 0.05) is 28.2 Å². The molecule has 0 saturated heterocycles. The minimum atomic E-state index is 0.548. The average Bonchev–Trinajstić information content (AvgIpc) is 2.77. The molecule has 0 spiro atoms. The second kappa shape index (κ2) is 7.04. The van der Waals surface area contributed by atoms with Crippen molar-refractivity contribution in [1.29, 1.82) is 0 Å². The Balaban J connectivity index is 2.00. The van der Waals surface area contributed by atoms with E-state index in [0.29, 0.717) is 6.04 Å². The minimum absolute atomic E-state index is 0.548. The monoisotopic (exact) mass is 335 g/mol. The fraction of sp³-hybridized carbons (Fsp3) is 0.438. The predicted molar refractivity (Wildman–Crippen MR) is 87.9 cm³/mol. The standard InChI is InChI=1S/C16H22BrN3/c1-11(2)18-10-4-5-15-19-12(3)16(20-15)13-6-8-14(17)9-7-13/h6-9,11,18H,4-5,10H2,1-3H3,(H,19,20). The molecule has 0 unspecified atom stereocenters. The first-order chi connectivity index (χ1) is 9.56. The van der Waals surface area contributed by atoms with Gasteiger partial charge < -0.3 is 10.3 Å². The summed E-state index contributed by atoms with van der Waals surface area (Å²) in [6.45, 7) is 7.45. The SMILES string of the molecule is Cc1[nH]c(CCCNC(C)C)nc1-c1ccc(Br)cc1. The third kappa shape index (κ3) is 4.18. The summed E-state index contributed by atoms with van der Waals surface area (Å²) in [5.41, 5.74) is 3.36. The van der Waals surface area contributed by atoms with Crippen LogP contribution in [0, 0.1) is 6.92 Å². The van der Waals surface area contributed by atoms with Crippen LogP contribution in [0.25, 0.3) is 11.3 Å². The molecule has 0 bridgehead atoms. The summed E-state index contributed by atoms with van der Waals surface area (Å²) in [5.74, 6) is 1.07. The molecule has 0 amide bonds. The number of halogens is 1. The molecule has 0 fully saturated rings. The zero-order valence-electron chi connectivity index (χ0n) is 12.3. The summed E-state index contributed by atoms with van der Waals surface area (Å²) in [5, 5.41) is 3.43. The van der Waals surface area contributed by atoms with E-state index in [1.807, 2.05) is 0 Å². The van der Waals surface area contributed by atoms with E-state index >= 15 is 0 Å². The van der Waals surface area contributed by atoms with Crippen molar-refractivity contribution in [3.63, 3.8) is 0 Å². The van der Waals surface area contributed by atoms with Gasteiger partial charge in [0.1, 0.15) is 5.82 Å². The molecule has 0 radical (unpaired) electrons. The van der Waals surface area contributed by atoms with Gasteiger partial charge in [-0.2, -0.15) is 0 Å². The zero-order valence-corrected chi connectivity index (χ0v) is 13.9. The van der Waals surface area contributed by atoms with Gasteiger partial charge in [0.25, 0.3) is 0 Å². The molecule has 0 saturated carbocycles. The molecule has 0 atom stereocenters. The highest BCUT2D eigenvalue weighted by Crippen LogP contribution is 2.23. The van der Waals surface area contributed by atoms with Crippen LogP contribution in [-0.2, 0) is 6.42 Å². The molecule has 1 aromatic carbocycles. The number of nitrogens with one attached hydrogen (secondary N) is 2. The fourth-order valence-electron chi connectivity index (χ4n) is 2.18. The Bertz CT molecular complexity index is 543. The van der Waals surface area contributed by atoms with E-state index in [1.54, 1.807) is 0 Å².